The number of aryl methyl sites for hydroxylation is 1. The predicted molar refractivity (Wildman–Crippen MR) is 125 cm³/mol. The van der Waals surface area contributed by atoms with E-state index in [2.05, 4.69) is 15.5 Å². The standard InChI is InChI=1S/C20H21ClN4O5S2/c1-12-5-7-13(8-6-12)19-23-24-20(31-19)22-18(26)11-25(32(4,27)28)15-10-16(29-2)14(21)9-17(15)30-3/h5-10H,11H2,1-4H3,(H,22,24,26). The van der Waals surface area contributed by atoms with E-state index in [-0.39, 0.29) is 27.3 Å². The molecule has 2 aromatic carbocycles. The molecule has 0 bridgehead atoms. The number of hydrogen-bond acceptors (Lipinski definition) is 8. The first-order valence-corrected chi connectivity index (χ1v) is 12.3. The largest absolute Gasteiger partial charge is 0.495 e. The van der Waals surface area contributed by atoms with Crippen LogP contribution in [0.2, 0.25) is 5.02 Å². The lowest BCUT2D eigenvalue weighted by atomic mass is 10.2. The van der Waals surface area contributed by atoms with Crippen LogP contribution < -0.4 is 19.1 Å². The van der Waals surface area contributed by atoms with Gasteiger partial charge in [-0.3, -0.25) is 14.4 Å². The highest BCUT2D eigenvalue weighted by molar-refractivity contribution is 7.92. The zero-order valence-electron chi connectivity index (χ0n) is 17.7. The van der Waals surface area contributed by atoms with Crippen LogP contribution in [0, 0.1) is 6.92 Å². The Morgan fingerprint density at radius 2 is 1.78 bits per heavy atom. The highest BCUT2D eigenvalue weighted by Gasteiger charge is 2.26. The van der Waals surface area contributed by atoms with Crippen molar-refractivity contribution in [1.82, 2.24) is 10.2 Å². The summed E-state index contributed by atoms with van der Waals surface area (Å²) in [4.78, 5) is 12.7. The van der Waals surface area contributed by atoms with Crippen molar-refractivity contribution in [3.63, 3.8) is 0 Å². The fourth-order valence-corrected chi connectivity index (χ4v) is 4.64. The third-order valence-electron chi connectivity index (χ3n) is 4.38. The highest BCUT2D eigenvalue weighted by Crippen LogP contribution is 2.39. The first kappa shape index (κ1) is 23.8. The molecule has 1 aromatic heterocycles. The molecular weight excluding hydrogens is 476 g/mol. The number of amides is 1. The summed E-state index contributed by atoms with van der Waals surface area (Å²) >= 11 is 7.29. The zero-order valence-corrected chi connectivity index (χ0v) is 20.1. The predicted octanol–water partition coefficient (Wildman–Crippen LogP) is 3.59. The molecule has 0 unspecified atom stereocenters. The van der Waals surface area contributed by atoms with Crippen molar-refractivity contribution in [2.45, 2.75) is 6.92 Å². The third kappa shape index (κ3) is 5.47. The molecule has 32 heavy (non-hydrogen) atoms. The van der Waals surface area contributed by atoms with Gasteiger partial charge in [-0.05, 0) is 6.92 Å². The summed E-state index contributed by atoms with van der Waals surface area (Å²) in [6.07, 6.45) is 0.987. The van der Waals surface area contributed by atoms with Crippen LogP contribution in [0.4, 0.5) is 10.8 Å². The quantitative estimate of drug-likeness (QED) is 0.507. The topological polar surface area (TPSA) is 111 Å². The Morgan fingerprint density at radius 1 is 1.12 bits per heavy atom. The van der Waals surface area contributed by atoms with Gasteiger partial charge in [-0.25, -0.2) is 8.42 Å². The van der Waals surface area contributed by atoms with Crippen molar-refractivity contribution < 1.29 is 22.7 Å². The highest BCUT2D eigenvalue weighted by atomic mass is 35.5. The first-order valence-electron chi connectivity index (χ1n) is 9.22. The molecule has 1 heterocycles. The molecule has 170 valence electrons. The van der Waals surface area contributed by atoms with Gasteiger partial charge < -0.3 is 9.47 Å². The second-order valence-corrected chi connectivity index (χ2v) is 10.0. The van der Waals surface area contributed by atoms with Crippen molar-refractivity contribution >= 4 is 49.7 Å². The van der Waals surface area contributed by atoms with Gasteiger partial charge in [0.2, 0.25) is 21.1 Å². The number of anilines is 2. The van der Waals surface area contributed by atoms with E-state index < -0.39 is 22.5 Å². The van der Waals surface area contributed by atoms with Gasteiger partial charge in [0.15, 0.2) is 0 Å². The average molecular weight is 497 g/mol. The van der Waals surface area contributed by atoms with Gasteiger partial charge in [-0.2, -0.15) is 0 Å². The molecule has 1 amide bonds. The maximum atomic E-state index is 12.7. The number of rotatable bonds is 8. The number of nitrogens with one attached hydrogen (secondary N) is 1. The summed E-state index contributed by atoms with van der Waals surface area (Å²) in [6, 6.07) is 10.5. The summed E-state index contributed by atoms with van der Waals surface area (Å²) in [5.74, 6) is -0.187. The molecule has 0 fully saturated rings. The minimum Gasteiger partial charge on any atom is -0.495 e. The van der Waals surface area contributed by atoms with Gasteiger partial charge in [0.05, 0.1) is 31.2 Å². The number of benzene rings is 2. The van der Waals surface area contributed by atoms with Gasteiger partial charge >= 0.3 is 0 Å². The number of aromatic nitrogens is 2. The maximum absolute atomic E-state index is 12.7. The Morgan fingerprint density at radius 3 is 2.38 bits per heavy atom. The monoisotopic (exact) mass is 496 g/mol. The number of ether oxygens (including phenoxy) is 2. The Bertz CT molecular complexity index is 1230. The molecule has 0 spiro atoms. The van der Waals surface area contributed by atoms with E-state index in [1.807, 2.05) is 31.2 Å². The molecule has 0 radical (unpaired) electrons. The van der Waals surface area contributed by atoms with Gasteiger partial charge in [0.1, 0.15) is 23.1 Å². The molecule has 0 aliphatic rings. The van der Waals surface area contributed by atoms with Crippen molar-refractivity contribution in [2.75, 3.05) is 36.6 Å². The van der Waals surface area contributed by atoms with E-state index in [1.165, 1.54) is 37.7 Å². The number of sulfonamides is 1. The summed E-state index contributed by atoms with van der Waals surface area (Å²) in [5, 5.41) is 11.8. The van der Waals surface area contributed by atoms with Gasteiger partial charge in [0.25, 0.3) is 0 Å². The number of nitrogens with zero attached hydrogens (tertiary/aromatic N) is 3. The van der Waals surface area contributed by atoms with E-state index in [0.717, 1.165) is 21.7 Å². The number of carbonyl (C=O) groups excluding carboxylic acids is 1. The lowest BCUT2D eigenvalue weighted by molar-refractivity contribution is -0.114. The van der Waals surface area contributed by atoms with E-state index >= 15 is 0 Å². The minimum atomic E-state index is -3.86. The second kappa shape index (κ2) is 9.72. The summed E-state index contributed by atoms with van der Waals surface area (Å²) < 4.78 is 36.3. The van der Waals surface area contributed by atoms with E-state index in [9.17, 15) is 13.2 Å². The van der Waals surface area contributed by atoms with Gasteiger partial charge in [-0.15, -0.1) is 10.2 Å². The van der Waals surface area contributed by atoms with Crippen LogP contribution in [-0.2, 0) is 14.8 Å². The van der Waals surface area contributed by atoms with E-state index in [4.69, 9.17) is 21.1 Å². The van der Waals surface area contributed by atoms with Gasteiger partial charge in [-0.1, -0.05) is 52.8 Å². The van der Waals surface area contributed by atoms with Crippen LogP contribution in [0.25, 0.3) is 10.6 Å². The van der Waals surface area contributed by atoms with Crippen LogP contribution in [0.3, 0.4) is 0 Å². The first-order chi connectivity index (χ1) is 15.1. The Hall–Kier alpha value is -2.89. The smallest absolute Gasteiger partial charge is 0.246 e. The fraction of sp³-hybridized carbons (Fsp3) is 0.250. The molecule has 0 aliphatic carbocycles. The SMILES string of the molecule is COc1cc(N(CC(=O)Nc2nnc(-c3ccc(C)cc3)s2)S(C)(=O)=O)c(OC)cc1Cl. The Labute approximate surface area is 195 Å². The van der Waals surface area contributed by atoms with Crippen molar-refractivity contribution in [1.29, 1.82) is 0 Å². The second-order valence-electron chi connectivity index (χ2n) is 6.75. The van der Waals surface area contributed by atoms with Crippen molar-refractivity contribution in [2.24, 2.45) is 0 Å². The summed E-state index contributed by atoms with van der Waals surface area (Å²) in [5.41, 5.74) is 2.09. The molecule has 0 atom stereocenters. The molecule has 12 heteroatoms. The fourth-order valence-electron chi connectivity index (χ4n) is 2.80. The lowest BCUT2D eigenvalue weighted by Gasteiger charge is -2.24. The van der Waals surface area contributed by atoms with Crippen LogP contribution in [0.5, 0.6) is 11.5 Å². The molecule has 3 aromatic rings. The Kier molecular flexibility index (Phi) is 7.22. The van der Waals surface area contributed by atoms with E-state index in [1.54, 1.807) is 0 Å². The molecule has 0 saturated heterocycles. The molecule has 0 aliphatic heterocycles. The van der Waals surface area contributed by atoms with Crippen molar-refractivity contribution in [3.8, 4) is 22.1 Å². The van der Waals surface area contributed by atoms with Crippen LogP contribution >= 0.6 is 22.9 Å². The zero-order chi connectivity index (χ0) is 23.5. The van der Waals surface area contributed by atoms with Crippen LogP contribution in [0.1, 0.15) is 5.56 Å². The number of carbonyl (C=O) groups is 1. The summed E-state index contributed by atoms with van der Waals surface area (Å²) in [6.45, 7) is 1.47. The lowest BCUT2D eigenvalue weighted by Crippen LogP contribution is -2.37. The number of halogens is 1. The van der Waals surface area contributed by atoms with Crippen LogP contribution in [0.15, 0.2) is 36.4 Å². The molecule has 1 N–H and O–H groups in total. The molecule has 3 rings (SSSR count). The minimum absolute atomic E-state index is 0.115. The number of methoxy groups -OCH3 is 2. The molecular formula is C20H21ClN4O5S2. The Balaban J connectivity index is 1.84. The van der Waals surface area contributed by atoms with Crippen LogP contribution in [-0.4, -0.2) is 51.5 Å². The van der Waals surface area contributed by atoms with E-state index in [0.29, 0.717) is 5.01 Å². The maximum Gasteiger partial charge on any atom is 0.246 e. The number of hydrogen-bond donors (Lipinski definition) is 1. The normalized spacial score (nSPS) is 11.2. The molecule has 0 saturated carbocycles. The summed E-state index contributed by atoms with van der Waals surface area (Å²) in [7, 11) is -1.09. The van der Waals surface area contributed by atoms with Crippen molar-refractivity contribution in [3.05, 3.63) is 47.0 Å². The van der Waals surface area contributed by atoms with Gasteiger partial charge in [0, 0.05) is 17.7 Å². The molecule has 9 nitrogen and oxygen atoms in total. The third-order valence-corrected chi connectivity index (χ3v) is 6.69. The average Bonchev–Trinajstić information content (AvgIpc) is 3.20.